The molecule has 2 rings (SSSR count). The summed E-state index contributed by atoms with van der Waals surface area (Å²) < 4.78 is 0. The van der Waals surface area contributed by atoms with Crippen LogP contribution in [0.2, 0.25) is 0 Å². The van der Waals surface area contributed by atoms with E-state index in [0.29, 0.717) is 10.8 Å². The van der Waals surface area contributed by atoms with Crippen LogP contribution in [0, 0.1) is 0 Å². The number of benzene rings is 1. The van der Waals surface area contributed by atoms with Gasteiger partial charge in [0, 0.05) is 12.7 Å². The average Bonchev–Trinajstić information content (AvgIpc) is 2.45. The number of hydrogen-bond donors (Lipinski definition) is 0. The Morgan fingerprint density at radius 2 is 1.87 bits per heavy atom. The highest BCUT2D eigenvalue weighted by Gasteiger charge is 2.34. The van der Waals surface area contributed by atoms with Crippen molar-refractivity contribution in [3.8, 4) is 0 Å². The smallest absolute Gasteiger partial charge is 0.276 e. The van der Waals surface area contributed by atoms with Gasteiger partial charge in [-0.1, -0.05) is 24.8 Å². The summed E-state index contributed by atoms with van der Waals surface area (Å²) in [6.45, 7) is 3.74. The van der Waals surface area contributed by atoms with Crippen molar-refractivity contribution in [3.05, 3.63) is 42.6 Å². The van der Waals surface area contributed by atoms with Crippen LogP contribution in [0.1, 0.15) is 0 Å². The van der Waals surface area contributed by atoms with Crippen molar-refractivity contribution in [3.63, 3.8) is 0 Å². The summed E-state index contributed by atoms with van der Waals surface area (Å²) in [5.74, 6) is -0.149. The number of nitrogens with zero attached hydrogens (tertiary/aromatic N) is 2. The topological polar surface area (TPSA) is 23.6 Å². The van der Waals surface area contributed by atoms with Crippen molar-refractivity contribution >= 4 is 28.9 Å². The van der Waals surface area contributed by atoms with E-state index in [0.717, 1.165) is 5.69 Å². The molecule has 0 spiro atoms. The lowest BCUT2D eigenvalue weighted by Gasteiger charge is -2.17. The minimum Gasteiger partial charge on any atom is -0.286 e. The van der Waals surface area contributed by atoms with E-state index < -0.39 is 0 Å². The molecule has 1 fully saturated rings. The molecule has 1 aliphatic heterocycles. The lowest BCUT2D eigenvalue weighted by molar-refractivity contribution is -0.121. The molecule has 0 bridgehead atoms. The molecule has 0 N–H and O–H groups in total. The van der Waals surface area contributed by atoms with Crippen molar-refractivity contribution in [2.45, 2.75) is 0 Å². The van der Waals surface area contributed by atoms with E-state index >= 15 is 0 Å². The van der Waals surface area contributed by atoms with Crippen molar-refractivity contribution in [2.24, 2.45) is 0 Å². The third kappa shape index (κ3) is 1.43. The molecule has 76 valence electrons. The number of carbonyl (C=O) groups is 1. The number of para-hydroxylation sites is 1. The maximum absolute atomic E-state index is 11.6. The Labute approximate surface area is 93.6 Å². The number of carbonyl (C=O) groups excluding carboxylic acids is 1. The Morgan fingerprint density at radius 1 is 1.27 bits per heavy atom. The third-order valence-electron chi connectivity index (χ3n) is 2.31. The zero-order valence-electron chi connectivity index (χ0n) is 8.30. The van der Waals surface area contributed by atoms with Gasteiger partial charge in [-0.15, -0.1) is 0 Å². The highest BCUT2D eigenvalue weighted by atomic mass is 32.1. The molecule has 3 nitrogen and oxygen atoms in total. The second-order valence-corrected chi connectivity index (χ2v) is 3.63. The zero-order valence-corrected chi connectivity index (χ0v) is 9.12. The fraction of sp³-hybridized carbons (Fsp3) is 0.0909. The number of likely N-dealkylation sites (N-methyl/N-ethyl adjacent to an activating group) is 1. The minimum atomic E-state index is -0.149. The standard InChI is InChI=1S/C11H10N2OS/c1-8-10(14)12(2)11(15)13(8)9-6-4-3-5-7-9/h3-7H,1H2,2H3. The molecule has 4 heteroatoms. The van der Waals surface area contributed by atoms with Crippen LogP contribution in [0.25, 0.3) is 0 Å². The number of hydrogen-bond acceptors (Lipinski definition) is 2. The maximum atomic E-state index is 11.6. The Kier molecular flexibility index (Phi) is 2.28. The quantitative estimate of drug-likeness (QED) is 0.530. The van der Waals surface area contributed by atoms with E-state index in [1.54, 1.807) is 11.9 Å². The predicted molar refractivity (Wildman–Crippen MR) is 63.4 cm³/mol. The van der Waals surface area contributed by atoms with Crippen molar-refractivity contribution in [1.82, 2.24) is 4.90 Å². The molecule has 1 aromatic rings. The van der Waals surface area contributed by atoms with Gasteiger partial charge in [0.05, 0.1) is 0 Å². The van der Waals surface area contributed by atoms with E-state index in [9.17, 15) is 4.79 Å². The van der Waals surface area contributed by atoms with E-state index in [2.05, 4.69) is 6.58 Å². The first-order valence-electron chi connectivity index (χ1n) is 4.49. The van der Waals surface area contributed by atoms with Gasteiger partial charge in [-0.25, -0.2) is 0 Å². The van der Waals surface area contributed by atoms with Crippen LogP contribution < -0.4 is 4.90 Å². The van der Waals surface area contributed by atoms with E-state index in [-0.39, 0.29) is 5.91 Å². The van der Waals surface area contributed by atoms with Gasteiger partial charge in [0.1, 0.15) is 5.70 Å². The summed E-state index contributed by atoms with van der Waals surface area (Å²) in [7, 11) is 1.65. The van der Waals surface area contributed by atoms with E-state index in [1.165, 1.54) is 4.90 Å². The number of anilines is 1. The molecule has 0 aromatic heterocycles. The van der Waals surface area contributed by atoms with Crippen molar-refractivity contribution in [1.29, 1.82) is 0 Å². The first-order valence-corrected chi connectivity index (χ1v) is 4.90. The molecule has 1 heterocycles. The highest BCUT2D eigenvalue weighted by Crippen LogP contribution is 2.25. The van der Waals surface area contributed by atoms with Gasteiger partial charge in [0.15, 0.2) is 5.11 Å². The first-order chi connectivity index (χ1) is 7.13. The molecule has 1 aliphatic rings. The van der Waals surface area contributed by atoms with Crippen LogP contribution in [-0.4, -0.2) is 23.0 Å². The largest absolute Gasteiger partial charge is 0.286 e. The van der Waals surface area contributed by atoms with Gasteiger partial charge < -0.3 is 0 Å². The lowest BCUT2D eigenvalue weighted by Crippen LogP contribution is -2.29. The second-order valence-electron chi connectivity index (χ2n) is 3.26. The summed E-state index contributed by atoms with van der Waals surface area (Å²) in [6.07, 6.45) is 0. The van der Waals surface area contributed by atoms with Crippen LogP contribution in [0.4, 0.5) is 5.69 Å². The number of thiocarbonyl (C=S) groups is 1. The molecular weight excluding hydrogens is 208 g/mol. The monoisotopic (exact) mass is 218 g/mol. The van der Waals surface area contributed by atoms with E-state index in [1.807, 2.05) is 30.3 Å². The maximum Gasteiger partial charge on any atom is 0.276 e. The Hall–Kier alpha value is -1.68. The van der Waals surface area contributed by atoms with Crippen molar-refractivity contribution < 1.29 is 4.79 Å². The fourth-order valence-corrected chi connectivity index (χ4v) is 1.78. The van der Waals surface area contributed by atoms with Gasteiger partial charge >= 0.3 is 0 Å². The van der Waals surface area contributed by atoms with Gasteiger partial charge in [0.25, 0.3) is 5.91 Å². The number of amides is 1. The lowest BCUT2D eigenvalue weighted by atomic mass is 10.3. The van der Waals surface area contributed by atoms with Crippen molar-refractivity contribution in [2.75, 3.05) is 11.9 Å². The SMILES string of the molecule is C=C1C(=O)N(C)C(=S)N1c1ccccc1. The van der Waals surface area contributed by atoms with Gasteiger partial charge in [-0.05, 0) is 24.4 Å². The molecular formula is C11H10N2OS. The minimum absolute atomic E-state index is 0.149. The Morgan fingerprint density at radius 3 is 2.33 bits per heavy atom. The van der Waals surface area contributed by atoms with Gasteiger partial charge in [-0.2, -0.15) is 0 Å². The van der Waals surface area contributed by atoms with Crippen LogP contribution in [-0.2, 0) is 4.79 Å². The second kappa shape index (κ2) is 3.47. The average molecular weight is 218 g/mol. The fourth-order valence-electron chi connectivity index (χ4n) is 1.48. The van der Waals surface area contributed by atoms with Crippen LogP contribution in [0.5, 0.6) is 0 Å². The Bertz CT molecular complexity index is 441. The van der Waals surface area contributed by atoms with Gasteiger partial charge in [0.2, 0.25) is 0 Å². The molecule has 0 saturated carbocycles. The summed E-state index contributed by atoms with van der Waals surface area (Å²) in [5, 5.41) is 0.469. The summed E-state index contributed by atoms with van der Waals surface area (Å²) in [4.78, 5) is 14.7. The number of rotatable bonds is 1. The van der Waals surface area contributed by atoms with Crippen LogP contribution in [0.3, 0.4) is 0 Å². The van der Waals surface area contributed by atoms with E-state index in [4.69, 9.17) is 12.2 Å². The van der Waals surface area contributed by atoms with Gasteiger partial charge in [-0.3, -0.25) is 14.6 Å². The molecule has 0 atom stereocenters. The summed E-state index contributed by atoms with van der Waals surface area (Å²) in [6, 6.07) is 9.49. The van der Waals surface area contributed by atoms with Crippen LogP contribution in [0.15, 0.2) is 42.6 Å². The molecule has 0 radical (unpaired) electrons. The normalized spacial score (nSPS) is 16.5. The third-order valence-corrected chi connectivity index (χ3v) is 2.77. The predicted octanol–water partition coefficient (Wildman–Crippen LogP) is 1.76. The molecule has 0 unspecified atom stereocenters. The molecule has 0 aliphatic carbocycles. The molecule has 1 amide bonds. The highest BCUT2D eigenvalue weighted by molar-refractivity contribution is 7.80. The molecule has 15 heavy (non-hydrogen) atoms. The molecule has 1 saturated heterocycles. The summed E-state index contributed by atoms with van der Waals surface area (Å²) >= 11 is 5.17. The zero-order chi connectivity index (χ0) is 11.0. The molecule has 1 aromatic carbocycles. The Balaban J connectivity index is 2.44. The first kappa shape index (κ1) is 9.86. The summed E-state index contributed by atoms with van der Waals surface area (Å²) in [5.41, 5.74) is 1.26. The van der Waals surface area contributed by atoms with Crippen LogP contribution >= 0.6 is 12.2 Å².